The van der Waals surface area contributed by atoms with Crippen LogP contribution in [0.15, 0.2) is 18.6 Å². The minimum absolute atomic E-state index is 0.186. The summed E-state index contributed by atoms with van der Waals surface area (Å²) >= 11 is 16.4. The Hall–Kier alpha value is -0.970. The molecule has 7 heteroatoms. The molecule has 0 saturated heterocycles. The maximum Gasteiger partial charge on any atom is 0.223 e. The first-order chi connectivity index (χ1) is 7.99. The van der Waals surface area contributed by atoms with E-state index in [-0.39, 0.29) is 5.28 Å². The Morgan fingerprint density at radius 1 is 0.824 bits per heavy atom. The average molecular weight is 292 g/mol. The first-order valence-corrected chi connectivity index (χ1v) is 5.71. The molecule has 0 radical (unpaired) electrons. The molecule has 0 bridgehead atoms. The summed E-state index contributed by atoms with van der Waals surface area (Å²) in [7, 11) is 0. The van der Waals surface area contributed by atoms with Crippen LogP contribution in [-0.4, -0.2) is 19.9 Å². The molecule has 0 aromatic carbocycles. The van der Waals surface area contributed by atoms with E-state index in [0.717, 1.165) is 11.1 Å². The standard InChI is InChI=1S/C5H4Cl2N2.C5H5ClN2/c1-3-2-8-5(7)9-4(3)6;1-4-2-7-5(6)8-3-4/h2H,1H3;2-3H,1H3. The third kappa shape index (κ3) is 5.26. The van der Waals surface area contributed by atoms with Gasteiger partial charge in [-0.15, -0.1) is 0 Å². The second kappa shape index (κ2) is 6.69. The highest BCUT2D eigenvalue weighted by molar-refractivity contribution is 6.32. The molecule has 0 unspecified atom stereocenters. The lowest BCUT2D eigenvalue weighted by Gasteiger charge is -1.92. The van der Waals surface area contributed by atoms with E-state index >= 15 is 0 Å². The molecule has 0 saturated carbocycles. The van der Waals surface area contributed by atoms with Gasteiger partial charge in [-0.25, -0.2) is 19.9 Å². The van der Waals surface area contributed by atoms with Gasteiger partial charge in [-0.1, -0.05) is 11.6 Å². The van der Waals surface area contributed by atoms with Crippen molar-refractivity contribution in [3.63, 3.8) is 0 Å². The van der Waals surface area contributed by atoms with E-state index in [2.05, 4.69) is 19.9 Å². The number of nitrogens with zero attached hydrogens (tertiary/aromatic N) is 4. The van der Waals surface area contributed by atoms with Gasteiger partial charge in [0.15, 0.2) is 0 Å². The first-order valence-electron chi connectivity index (χ1n) is 4.58. The summed E-state index contributed by atoms with van der Waals surface area (Å²) < 4.78 is 0. The van der Waals surface area contributed by atoms with Crippen LogP contribution in [-0.2, 0) is 0 Å². The number of hydrogen-bond donors (Lipinski definition) is 0. The van der Waals surface area contributed by atoms with Gasteiger partial charge >= 0.3 is 0 Å². The third-order valence-corrected chi connectivity index (χ3v) is 2.39. The molecule has 0 N–H and O–H groups in total. The molecule has 2 aromatic heterocycles. The molecular formula is C10H9Cl3N4. The van der Waals surface area contributed by atoms with Crippen molar-refractivity contribution in [2.45, 2.75) is 13.8 Å². The van der Waals surface area contributed by atoms with Gasteiger partial charge in [0.1, 0.15) is 5.15 Å². The molecule has 0 fully saturated rings. The van der Waals surface area contributed by atoms with Crippen LogP contribution in [0.1, 0.15) is 11.1 Å². The second-order valence-electron chi connectivity index (χ2n) is 3.14. The zero-order chi connectivity index (χ0) is 12.8. The van der Waals surface area contributed by atoms with Gasteiger partial charge in [0.05, 0.1) is 0 Å². The fourth-order valence-corrected chi connectivity index (χ4v) is 1.18. The van der Waals surface area contributed by atoms with Gasteiger partial charge in [-0.05, 0) is 42.6 Å². The van der Waals surface area contributed by atoms with Crippen molar-refractivity contribution in [3.8, 4) is 0 Å². The molecule has 2 heterocycles. The predicted molar refractivity (Wildman–Crippen MR) is 68.6 cm³/mol. The topological polar surface area (TPSA) is 51.6 Å². The highest BCUT2D eigenvalue weighted by Gasteiger charge is 1.96. The molecule has 0 amide bonds. The molecule has 2 aromatic rings. The maximum absolute atomic E-state index is 5.58. The quantitative estimate of drug-likeness (QED) is 0.550. The smallest absolute Gasteiger partial charge is 0.223 e. The molecule has 17 heavy (non-hydrogen) atoms. The van der Waals surface area contributed by atoms with Crippen molar-refractivity contribution in [1.82, 2.24) is 19.9 Å². The second-order valence-corrected chi connectivity index (χ2v) is 4.18. The zero-order valence-corrected chi connectivity index (χ0v) is 11.4. The number of aryl methyl sites for hydroxylation is 2. The molecule has 4 nitrogen and oxygen atoms in total. The highest BCUT2D eigenvalue weighted by atomic mass is 35.5. The summed E-state index contributed by atoms with van der Waals surface area (Å²) in [5.74, 6) is 0. The van der Waals surface area contributed by atoms with E-state index in [1.165, 1.54) is 0 Å². The van der Waals surface area contributed by atoms with Crippen LogP contribution in [0.2, 0.25) is 15.7 Å². The Bertz CT molecular complexity index is 466. The number of hydrogen-bond acceptors (Lipinski definition) is 4. The summed E-state index contributed by atoms with van der Waals surface area (Å²) in [5, 5.41) is 0.899. The van der Waals surface area contributed by atoms with Gasteiger partial charge in [-0.3, -0.25) is 0 Å². The predicted octanol–water partition coefficient (Wildman–Crippen LogP) is 3.53. The van der Waals surface area contributed by atoms with Crippen LogP contribution in [0, 0.1) is 13.8 Å². The van der Waals surface area contributed by atoms with Crippen molar-refractivity contribution in [2.75, 3.05) is 0 Å². The first kappa shape index (κ1) is 14.1. The lowest BCUT2D eigenvalue weighted by atomic mass is 10.4. The van der Waals surface area contributed by atoms with E-state index in [4.69, 9.17) is 34.8 Å². The average Bonchev–Trinajstić information content (AvgIpc) is 2.29. The van der Waals surface area contributed by atoms with Crippen LogP contribution < -0.4 is 0 Å². The SMILES string of the molecule is Cc1cnc(Cl)nc1.Cc1cnc(Cl)nc1Cl. The van der Waals surface area contributed by atoms with Crippen molar-refractivity contribution in [2.24, 2.45) is 0 Å². The van der Waals surface area contributed by atoms with Gasteiger partial charge < -0.3 is 0 Å². The fraction of sp³-hybridized carbons (Fsp3) is 0.200. The molecular weight excluding hydrogens is 282 g/mol. The van der Waals surface area contributed by atoms with Crippen LogP contribution >= 0.6 is 34.8 Å². The summed E-state index contributed by atoms with van der Waals surface area (Å²) in [6.07, 6.45) is 4.93. The Morgan fingerprint density at radius 3 is 1.76 bits per heavy atom. The number of rotatable bonds is 0. The normalized spacial score (nSPS) is 9.47. The minimum Gasteiger partial charge on any atom is -0.226 e. The van der Waals surface area contributed by atoms with Gasteiger partial charge in [0.25, 0.3) is 0 Å². The van der Waals surface area contributed by atoms with Crippen LogP contribution in [0.4, 0.5) is 0 Å². The zero-order valence-electron chi connectivity index (χ0n) is 9.15. The number of aromatic nitrogens is 4. The van der Waals surface area contributed by atoms with Gasteiger partial charge in [-0.2, -0.15) is 0 Å². The summed E-state index contributed by atoms with van der Waals surface area (Å²) in [6.45, 7) is 3.73. The van der Waals surface area contributed by atoms with Crippen molar-refractivity contribution in [1.29, 1.82) is 0 Å². The molecule has 0 aliphatic carbocycles. The van der Waals surface area contributed by atoms with E-state index in [0.29, 0.717) is 10.4 Å². The van der Waals surface area contributed by atoms with Crippen molar-refractivity contribution in [3.05, 3.63) is 45.4 Å². The molecule has 0 atom stereocenters. The van der Waals surface area contributed by atoms with E-state index in [9.17, 15) is 0 Å². The lowest BCUT2D eigenvalue weighted by Crippen LogP contribution is -1.84. The largest absolute Gasteiger partial charge is 0.226 e. The van der Waals surface area contributed by atoms with Crippen molar-refractivity contribution < 1.29 is 0 Å². The highest BCUT2D eigenvalue weighted by Crippen LogP contribution is 2.11. The summed E-state index contributed by atoms with van der Waals surface area (Å²) in [6, 6.07) is 0. The monoisotopic (exact) mass is 290 g/mol. The minimum atomic E-state index is 0.186. The van der Waals surface area contributed by atoms with E-state index in [1.807, 2.05) is 13.8 Å². The lowest BCUT2D eigenvalue weighted by molar-refractivity contribution is 1.13. The van der Waals surface area contributed by atoms with Crippen LogP contribution in [0.3, 0.4) is 0 Å². The van der Waals surface area contributed by atoms with E-state index < -0.39 is 0 Å². The Labute approximate surface area is 114 Å². The Morgan fingerprint density at radius 2 is 1.35 bits per heavy atom. The molecule has 0 aliphatic heterocycles. The van der Waals surface area contributed by atoms with Crippen molar-refractivity contribution >= 4 is 34.8 Å². The Balaban J connectivity index is 0.000000171. The fourth-order valence-electron chi connectivity index (χ4n) is 0.778. The maximum atomic E-state index is 5.58. The molecule has 90 valence electrons. The summed E-state index contributed by atoms with van der Waals surface area (Å²) in [4.78, 5) is 14.9. The number of halogens is 3. The van der Waals surface area contributed by atoms with E-state index in [1.54, 1.807) is 18.6 Å². The van der Waals surface area contributed by atoms with Gasteiger partial charge in [0, 0.05) is 24.2 Å². The third-order valence-electron chi connectivity index (χ3n) is 1.63. The summed E-state index contributed by atoms with van der Waals surface area (Å²) in [5.41, 5.74) is 1.86. The van der Waals surface area contributed by atoms with Crippen LogP contribution in [0.5, 0.6) is 0 Å². The Kier molecular flexibility index (Phi) is 5.55. The van der Waals surface area contributed by atoms with Gasteiger partial charge in [0.2, 0.25) is 10.6 Å². The molecule has 0 spiro atoms. The molecule has 0 aliphatic rings. The molecule has 2 rings (SSSR count). The van der Waals surface area contributed by atoms with Crippen LogP contribution in [0.25, 0.3) is 0 Å².